The maximum atomic E-state index is 14.8. The minimum absolute atomic E-state index is 0.814. The average molecular weight is 507 g/mol. The van der Waals surface area contributed by atoms with Crippen LogP contribution in [-0.4, -0.2) is 9.97 Å². The number of rotatable bonds is 4. The third kappa shape index (κ3) is 3.55. The second-order valence-corrected chi connectivity index (χ2v) is 12.2. The molecule has 0 atom stereocenters. The molecule has 7 aromatic rings. The van der Waals surface area contributed by atoms with Gasteiger partial charge >= 0.3 is 0 Å². The summed E-state index contributed by atoms with van der Waals surface area (Å²) < 4.78 is 14.8. The van der Waals surface area contributed by atoms with Crippen LogP contribution in [0.4, 0.5) is 0 Å². The van der Waals surface area contributed by atoms with Crippen LogP contribution >= 0.6 is 7.14 Å². The number of benzene rings is 5. The van der Waals surface area contributed by atoms with Gasteiger partial charge in [-0.2, -0.15) is 0 Å². The van der Waals surface area contributed by atoms with Gasteiger partial charge in [0.15, 0.2) is 7.14 Å². The van der Waals surface area contributed by atoms with E-state index in [1.165, 1.54) is 0 Å². The molecule has 2 heterocycles. The Morgan fingerprint density at radius 3 is 1.76 bits per heavy atom. The Balaban J connectivity index is 1.44. The predicted octanol–water partition coefficient (Wildman–Crippen LogP) is 7.24. The normalized spacial score (nSPS) is 11.8. The van der Waals surface area contributed by atoms with E-state index < -0.39 is 7.14 Å². The highest BCUT2D eigenvalue weighted by Crippen LogP contribution is 2.43. The molecule has 180 valence electrons. The standard InChI is InChI=1S/C34H23N2OP/c37-38(26-10-3-1-4-11-26,27-12-5-2-6-13-27)28-18-15-24(16-19-28)31-23-32-30(34-29(31)14-8-22-36-34)20-17-25-9-7-21-35-33(25)32/h1-23H. The zero-order valence-corrected chi connectivity index (χ0v) is 21.4. The molecular formula is C34H23N2OP. The van der Waals surface area contributed by atoms with E-state index >= 15 is 0 Å². The summed E-state index contributed by atoms with van der Waals surface area (Å²) in [5.41, 5.74) is 4.05. The second-order valence-electron chi connectivity index (χ2n) is 9.39. The Kier molecular flexibility index (Phi) is 5.39. The minimum atomic E-state index is -3.03. The molecule has 38 heavy (non-hydrogen) atoms. The molecule has 0 radical (unpaired) electrons. The van der Waals surface area contributed by atoms with Gasteiger partial charge in [0.2, 0.25) is 0 Å². The monoisotopic (exact) mass is 506 g/mol. The highest BCUT2D eigenvalue weighted by molar-refractivity contribution is 7.85. The van der Waals surface area contributed by atoms with Crippen LogP contribution in [0, 0.1) is 0 Å². The Morgan fingerprint density at radius 2 is 1.08 bits per heavy atom. The zero-order chi connectivity index (χ0) is 25.5. The zero-order valence-electron chi connectivity index (χ0n) is 20.5. The molecular weight excluding hydrogens is 483 g/mol. The summed E-state index contributed by atoms with van der Waals surface area (Å²) in [7, 11) is -3.03. The molecule has 0 aliphatic heterocycles. The molecule has 2 aromatic heterocycles. The highest BCUT2D eigenvalue weighted by atomic mass is 31.2. The van der Waals surface area contributed by atoms with Crippen LogP contribution in [0.5, 0.6) is 0 Å². The Hall–Kier alpha value is -4.59. The van der Waals surface area contributed by atoms with Crippen LogP contribution in [0.3, 0.4) is 0 Å². The first-order valence-electron chi connectivity index (χ1n) is 12.6. The molecule has 5 aromatic carbocycles. The molecule has 0 amide bonds. The Morgan fingerprint density at radius 1 is 0.474 bits per heavy atom. The molecule has 0 unspecified atom stereocenters. The van der Waals surface area contributed by atoms with Crippen LogP contribution in [0.1, 0.15) is 0 Å². The summed E-state index contributed by atoms with van der Waals surface area (Å²) in [5, 5.41) is 6.82. The second kappa shape index (κ2) is 9.06. The molecule has 0 aliphatic rings. The quantitative estimate of drug-likeness (QED) is 0.187. The van der Waals surface area contributed by atoms with Crippen molar-refractivity contribution < 1.29 is 4.57 Å². The lowest BCUT2D eigenvalue weighted by Crippen LogP contribution is -2.24. The first kappa shape index (κ1) is 22.6. The van der Waals surface area contributed by atoms with Crippen molar-refractivity contribution in [3.63, 3.8) is 0 Å². The summed E-state index contributed by atoms with van der Waals surface area (Å²) in [5.74, 6) is 0. The van der Waals surface area contributed by atoms with Crippen LogP contribution in [-0.2, 0) is 4.57 Å². The third-order valence-electron chi connectivity index (χ3n) is 7.24. The van der Waals surface area contributed by atoms with E-state index in [1.807, 2.05) is 97.3 Å². The summed E-state index contributed by atoms with van der Waals surface area (Å²) >= 11 is 0. The van der Waals surface area contributed by atoms with E-state index in [0.29, 0.717) is 0 Å². The van der Waals surface area contributed by atoms with E-state index in [-0.39, 0.29) is 0 Å². The van der Waals surface area contributed by atoms with Gasteiger partial charge in [0.05, 0.1) is 11.0 Å². The molecule has 0 aliphatic carbocycles. The SMILES string of the molecule is O=P(c1ccccc1)(c1ccccc1)c1ccc(-c2cc3c(ccc4cccnc43)c3ncccc23)cc1. The number of hydrogen-bond acceptors (Lipinski definition) is 3. The van der Waals surface area contributed by atoms with Crippen molar-refractivity contribution in [3.8, 4) is 11.1 Å². The smallest absolute Gasteiger partial charge is 0.171 e. The van der Waals surface area contributed by atoms with Crippen LogP contribution in [0.2, 0.25) is 0 Å². The number of nitrogens with zero attached hydrogens (tertiary/aromatic N) is 2. The van der Waals surface area contributed by atoms with Crippen molar-refractivity contribution >= 4 is 55.6 Å². The van der Waals surface area contributed by atoms with Crippen LogP contribution in [0.15, 0.2) is 140 Å². The fourth-order valence-electron chi connectivity index (χ4n) is 5.39. The molecule has 0 bridgehead atoms. The Bertz CT molecular complexity index is 1940. The topological polar surface area (TPSA) is 42.9 Å². The van der Waals surface area contributed by atoms with E-state index in [4.69, 9.17) is 9.97 Å². The number of aromatic nitrogens is 2. The number of hydrogen-bond donors (Lipinski definition) is 0. The predicted molar refractivity (Wildman–Crippen MR) is 159 cm³/mol. The van der Waals surface area contributed by atoms with Crippen molar-refractivity contribution in [2.75, 3.05) is 0 Å². The lowest BCUT2D eigenvalue weighted by Gasteiger charge is -2.20. The molecule has 3 nitrogen and oxygen atoms in total. The minimum Gasteiger partial charge on any atom is -0.309 e. The van der Waals surface area contributed by atoms with Gasteiger partial charge in [0.1, 0.15) is 0 Å². The van der Waals surface area contributed by atoms with Gasteiger partial charge < -0.3 is 4.57 Å². The maximum Gasteiger partial charge on any atom is 0.171 e. The van der Waals surface area contributed by atoms with Gasteiger partial charge in [-0.1, -0.05) is 109 Å². The van der Waals surface area contributed by atoms with Gasteiger partial charge in [-0.05, 0) is 29.3 Å². The summed E-state index contributed by atoms with van der Waals surface area (Å²) in [6.45, 7) is 0. The fourth-order valence-corrected chi connectivity index (χ4v) is 8.04. The molecule has 0 spiro atoms. The van der Waals surface area contributed by atoms with Crippen molar-refractivity contribution in [2.45, 2.75) is 0 Å². The number of fused-ring (bicyclic) bond motifs is 5. The van der Waals surface area contributed by atoms with Crippen molar-refractivity contribution in [3.05, 3.63) is 140 Å². The summed E-state index contributed by atoms with van der Waals surface area (Å²) in [4.78, 5) is 9.47. The molecule has 0 fully saturated rings. The number of pyridine rings is 2. The summed E-state index contributed by atoms with van der Waals surface area (Å²) in [6.07, 6.45) is 3.68. The van der Waals surface area contributed by atoms with Crippen molar-refractivity contribution in [1.82, 2.24) is 9.97 Å². The lowest BCUT2D eigenvalue weighted by molar-refractivity contribution is 0.592. The molecule has 0 N–H and O–H groups in total. The van der Waals surface area contributed by atoms with E-state index in [9.17, 15) is 4.57 Å². The van der Waals surface area contributed by atoms with Gasteiger partial charge in [-0.15, -0.1) is 0 Å². The Labute approximate surface area is 220 Å². The molecule has 7 rings (SSSR count). The summed E-state index contributed by atoms with van der Waals surface area (Å²) in [6, 6.07) is 42.4. The maximum absolute atomic E-state index is 14.8. The van der Waals surface area contributed by atoms with Gasteiger partial charge in [-0.3, -0.25) is 9.97 Å². The van der Waals surface area contributed by atoms with Gasteiger partial charge in [0, 0.05) is 49.9 Å². The first-order valence-corrected chi connectivity index (χ1v) is 14.3. The van der Waals surface area contributed by atoms with Gasteiger partial charge in [0.25, 0.3) is 0 Å². The van der Waals surface area contributed by atoms with E-state index in [2.05, 4.69) is 42.5 Å². The van der Waals surface area contributed by atoms with E-state index in [1.54, 1.807) is 0 Å². The first-order chi connectivity index (χ1) is 18.7. The fraction of sp³-hybridized carbons (Fsp3) is 0. The third-order valence-corrected chi connectivity index (χ3v) is 10.3. The van der Waals surface area contributed by atoms with Crippen molar-refractivity contribution in [2.24, 2.45) is 0 Å². The van der Waals surface area contributed by atoms with Crippen LogP contribution < -0.4 is 15.9 Å². The van der Waals surface area contributed by atoms with Gasteiger partial charge in [-0.25, -0.2) is 0 Å². The average Bonchev–Trinajstić information content (AvgIpc) is 3.01. The van der Waals surface area contributed by atoms with Crippen LogP contribution in [0.25, 0.3) is 43.7 Å². The molecule has 0 saturated heterocycles. The van der Waals surface area contributed by atoms with Crippen molar-refractivity contribution in [1.29, 1.82) is 0 Å². The lowest BCUT2D eigenvalue weighted by atomic mass is 9.94. The molecule has 0 saturated carbocycles. The largest absolute Gasteiger partial charge is 0.309 e. The van der Waals surface area contributed by atoms with E-state index in [0.717, 1.165) is 59.6 Å². The highest BCUT2D eigenvalue weighted by Gasteiger charge is 2.29. The molecule has 4 heteroatoms.